The van der Waals surface area contributed by atoms with E-state index in [0.29, 0.717) is 12.0 Å². The SMILES string of the molecule is c1nc(N[C@@H](C2CC2)[C@@H]2CCCOC2)c2cc[nH]c2n1. The maximum absolute atomic E-state index is 5.67. The van der Waals surface area contributed by atoms with Crippen molar-refractivity contribution in [2.24, 2.45) is 11.8 Å². The largest absolute Gasteiger partial charge is 0.381 e. The van der Waals surface area contributed by atoms with Gasteiger partial charge in [-0.05, 0) is 37.7 Å². The van der Waals surface area contributed by atoms with Crippen molar-refractivity contribution in [3.05, 3.63) is 18.6 Å². The fraction of sp³-hybridized carbons (Fsp3) is 0.600. The lowest BCUT2D eigenvalue weighted by Crippen LogP contribution is -2.36. The minimum atomic E-state index is 0.489. The molecule has 106 valence electrons. The molecule has 1 aliphatic carbocycles. The van der Waals surface area contributed by atoms with E-state index in [-0.39, 0.29) is 0 Å². The van der Waals surface area contributed by atoms with E-state index in [1.54, 1.807) is 6.33 Å². The quantitative estimate of drug-likeness (QED) is 0.898. The molecule has 0 amide bonds. The highest BCUT2D eigenvalue weighted by Gasteiger charge is 2.37. The minimum absolute atomic E-state index is 0.489. The van der Waals surface area contributed by atoms with Gasteiger partial charge in [0.25, 0.3) is 0 Å². The Morgan fingerprint density at radius 2 is 2.20 bits per heavy atom. The number of aromatic amines is 1. The van der Waals surface area contributed by atoms with E-state index in [4.69, 9.17) is 4.74 Å². The average molecular weight is 272 g/mol. The van der Waals surface area contributed by atoms with Crippen molar-refractivity contribution in [2.45, 2.75) is 31.7 Å². The van der Waals surface area contributed by atoms with Crippen LogP contribution >= 0.6 is 0 Å². The molecule has 2 aliphatic rings. The van der Waals surface area contributed by atoms with Gasteiger partial charge in [-0.3, -0.25) is 0 Å². The lowest BCUT2D eigenvalue weighted by Gasteiger charge is -2.31. The van der Waals surface area contributed by atoms with Crippen LogP contribution in [0.15, 0.2) is 18.6 Å². The van der Waals surface area contributed by atoms with Gasteiger partial charge in [-0.15, -0.1) is 0 Å². The molecule has 1 aliphatic heterocycles. The van der Waals surface area contributed by atoms with Crippen LogP contribution in [0.3, 0.4) is 0 Å². The normalized spacial score (nSPS) is 24.7. The van der Waals surface area contributed by atoms with E-state index in [9.17, 15) is 0 Å². The van der Waals surface area contributed by atoms with Crippen LogP contribution < -0.4 is 5.32 Å². The maximum atomic E-state index is 5.67. The second-order valence-electron chi connectivity index (χ2n) is 5.95. The number of nitrogens with one attached hydrogen (secondary N) is 2. The highest BCUT2D eigenvalue weighted by Crippen LogP contribution is 2.40. The Hall–Kier alpha value is -1.62. The average Bonchev–Trinajstić information content (AvgIpc) is 3.22. The molecule has 1 saturated heterocycles. The molecule has 5 nitrogen and oxygen atoms in total. The zero-order valence-electron chi connectivity index (χ0n) is 11.5. The third-order valence-corrected chi connectivity index (χ3v) is 4.49. The number of fused-ring (bicyclic) bond motifs is 1. The second kappa shape index (κ2) is 5.05. The lowest BCUT2D eigenvalue weighted by molar-refractivity contribution is 0.0449. The van der Waals surface area contributed by atoms with E-state index in [0.717, 1.165) is 36.0 Å². The summed E-state index contributed by atoms with van der Waals surface area (Å²) in [7, 11) is 0. The Labute approximate surface area is 118 Å². The van der Waals surface area contributed by atoms with Gasteiger partial charge < -0.3 is 15.0 Å². The summed E-state index contributed by atoms with van der Waals surface area (Å²) in [5.41, 5.74) is 0.900. The predicted molar refractivity (Wildman–Crippen MR) is 77.6 cm³/mol. The molecule has 5 heteroatoms. The van der Waals surface area contributed by atoms with Crippen molar-refractivity contribution in [3.8, 4) is 0 Å². The van der Waals surface area contributed by atoms with Gasteiger partial charge in [-0.2, -0.15) is 0 Å². The molecular formula is C15H20N4O. The molecule has 2 fully saturated rings. The van der Waals surface area contributed by atoms with Crippen molar-refractivity contribution < 1.29 is 4.74 Å². The van der Waals surface area contributed by atoms with E-state index in [1.165, 1.54) is 25.7 Å². The first-order chi connectivity index (χ1) is 9.92. The van der Waals surface area contributed by atoms with Crippen LogP contribution in [-0.4, -0.2) is 34.2 Å². The molecule has 20 heavy (non-hydrogen) atoms. The van der Waals surface area contributed by atoms with Gasteiger partial charge >= 0.3 is 0 Å². The lowest BCUT2D eigenvalue weighted by atomic mass is 9.90. The van der Waals surface area contributed by atoms with Crippen LogP contribution in [0.4, 0.5) is 5.82 Å². The molecule has 0 radical (unpaired) electrons. The van der Waals surface area contributed by atoms with Gasteiger partial charge in [-0.1, -0.05) is 0 Å². The topological polar surface area (TPSA) is 62.8 Å². The van der Waals surface area contributed by atoms with Crippen LogP contribution in [0, 0.1) is 11.8 Å². The fourth-order valence-corrected chi connectivity index (χ4v) is 3.27. The highest BCUT2D eigenvalue weighted by atomic mass is 16.5. The first kappa shape index (κ1) is 12.1. The summed E-state index contributed by atoms with van der Waals surface area (Å²) in [6, 6.07) is 2.53. The number of rotatable bonds is 4. The van der Waals surface area contributed by atoms with Gasteiger partial charge in [-0.25, -0.2) is 9.97 Å². The fourth-order valence-electron chi connectivity index (χ4n) is 3.27. The van der Waals surface area contributed by atoms with Crippen molar-refractivity contribution in [3.63, 3.8) is 0 Å². The number of hydrogen-bond acceptors (Lipinski definition) is 4. The monoisotopic (exact) mass is 272 g/mol. The Kier molecular flexibility index (Phi) is 3.07. The summed E-state index contributed by atoms with van der Waals surface area (Å²) in [4.78, 5) is 11.8. The van der Waals surface area contributed by atoms with Gasteiger partial charge in [0, 0.05) is 24.8 Å². The number of hydrogen-bond donors (Lipinski definition) is 2. The molecule has 0 unspecified atom stereocenters. The van der Waals surface area contributed by atoms with Crippen LogP contribution in [0.2, 0.25) is 0 Å². The molecule has 4 rings (SSSR count). The van der Waals surface area contributed by atoms with Gasteiger partial charge in [0.2, 0.25) is 0 Å². The van der Waals surface area contributed by atoms with Crippen molar-refractivity contribution in [1.29, 1.82) is 0 Å². The van der Waals surface area contributed by atoms with E-state index >= 15 is 0 Å². The second-order valence-corrected chi connectivity index (χ2v) is 5.95. The number of anilines is 1. The summed E-state index contributed by atoms with van der Waals surface area (Å²) in [6.07, 6.45) is 8.64. The Bertz CT molecular complexity index is 586. The van der Waals surface area contributed by atoms with E-state index < -0.39 is 0 Å². The molecule has 3 heterocycles. The highest BCUT2D eigenvalue weighted by molar-refractivity contribution is 5.86. The summed E-state index contributed by atoms with van der Waals surface area (Å²) < 4.78 is 5.67. The van der Waals surface area contributed by atoms with E-state index in [1.807, 2.05) is 12.3 Å². The number of aromatic nitrogens is 3. The maximum Gasteiger partial charge on any atom is 0.142 e. The standard InChI is InChI=1S/C15H20N4O/c1-2-11(8-20-7-1)13(10-3-4-10)19-15-12-5-6-16-14(12)17-9-18-15/h5-6,9-11,13H,1-4,7-8H2,(H2,16,17,18,19)/t11-,13+/m1/s1. The zero-order chi connectivity index (χ0) is 13.4. The zero-order valence-corrected chi connectivity index (χ0v) is 11.5. The first-order valence-corrected chi connectivity index (χ1v) is 7.54. The third-order valence-electron chi connectivity index (χ3n) is 4.49. The molecule has 2 aromatic heterocycles. The molecule has 0 spiro atoms. The molecule has 0 bridgehead atoms. The smallest absolute Gasteiger partial charge is 0.142 e. The molecule has 1 saturated carbocycles. The van der Waals surface area contributed by atoms with Crippen molar-refractivity contribution in [1.82, 2.24) is 15.0 Å². The number of H-pyrrole nitrogens is 1. The summed E-state index contributed by atoms with van der Waals surface area (Å²) in [5, 5.41) is 4.77. The van der Waals surface area contributed by atoms with Gasteiger partial charge in [0.15, 0.2) is 0 Å². The molecule has 2 atom stereocenters. The Balaban J connectivity index is 1.59. The summed E-state index contributed by atoms with van der Waals surface area (Å²) in [6.45, 7) is 1.80. The molecule has 2 aromatic rings. The number of ether oxygens (including phenoxy) is 1. The first-order valence-electron chi connectivity index (χ1n) is 7.54. The molecular weight excluding hydrogens is 252 g/mol. The van der Waals surface area contributed by atoms with Crippen molar-refractivity contribution in [2.75, 3.05) is 18.5 Å². The van der Waals surface area contributed by atoms with Crippen LogP contribution in [0.1, 0.15) is 25.7 Å². The van der Waals surface area contributed by atoms with Crippen LogP contribution in [0.25, 0.3) is 11.0 Å². The number of nitrogens with zero attached hydrogens (tertiary/aromatic N) is 2. The predicted octanol–water partition coefficient (Wildman–Crippen LogP) is 2.58. The Morgan fingerprint density at radius 1 is 1.25 bits per heavy atom. The molecule has 2 N–H and O–H groups in total. The summed E-state index contributed by atoms with van der Waals surface area (Å²) in [5.74, 6) is 2.35. The van der Waals surface area contributed by atoms with Crippen LogP contribution in [-0.2, 0) is 4.74 Å². The van der Waals surface area contributed by atoms with E-state index in [2.05, 4.69) is 20.3 Å². The van der Waals surface area contributed by atoms with Gasteiger partial charge in [0.05, 0.1) is 12.0 Å². The van der Waals surface area contributed by atoms with Crippen molar-refractivity contribution >= 4 is 16.9 Å². The molecule has 0 aromatic carbocycles. The van der Waals surface area contributed by atoms with Crippen LogP contribution in [0.5, 0.6) is 0 Å². The summed E-state index contributed by atoms with van der Waals surface area (Å²) >= 11 is 0. The van der Waals surface area contributed by atoms with Gasteiger partial charge in [0.1, 0.15) is 17.8 Å². The Morgan fingerprint density at radius 3 is 3.00 bits per heavy atom. The third kappa shape index (κ3) is 2.26. The minimum Gasteiger partial charge on any atom is -0.381 e.